The Morgan fingerprint density at radius 2 is 2.24 bits per heavy atom. The van der Waals surface area contributed by atoms with Crippen molar-refractivity contribution in [2.75, 3.05) is 17.3 Å². The molecule has 0 bridgehead atoms. The predicted molar refractivity (Wildman–Crippen MR) is 92.3 cm³/mol. The Balaban J connectivity index is 1.70. The number of rotatable bonds is 3. The largest absolute Gasteiger partial charge is 0.309 e. The van der Waals surface area contributed by atoms with Crippen LogP contribution in [0.25, 0.3) is 11.2 Å². The molecule has 2 aromatic rings. The lowest BCUT2D eigenvalue weighted by atomic mass is 10.1. The third-order valence-electron chi connectivity index (χ3n) is 4.48. The van der Waals surface area contributed by atoms with E-state index in [9.17, 15) is 0 Å². The molecule has 21 heavy (non-hydrogen) atoms. The summed E-state index contributed by atoms with van der Waals surface area (Å²) in [7, 11) is 0. The lowest BCUT2D eigenvalue weighted by Gasteiger charge is -2.22. The molecule has 2 aliphatic heterocycles. The van der Waals surface area contributed by atoms with E-state index >= 15 is 0 Å². The molecule has 0 aromatic carbocycles. The summed E-state index contributed by atoms with van der Waals surface area (Å²) in [5.74, 6) is 5.08. The van der Waals surface area contributed by atoms with Crippen molar-refractivity contribution in [3.63, 3.8) is 0 Å². The van der Waals surface area contributed by atoms with Gasteiger partial charge in [0, 0.05) is 29.7 Å². The van der Waals surface area contributed by atoms with Crippen LogP contribution < -0.4 is 0 Å². The van der Waals surface area contributed by atoms with Crippen molar-refractivity contribution in [1.29, 1.82) is 0 Å². The molecule has 2 fully saturated rings. The summed E-state index contributed by atoms with van der Waals surface area (Å²) in [6.07, 6.45) is 8.40. The highest BCUT2D eigenvalue weighted by atomic mass is 32.2. The average Bonchev–Trinajstić information content (AvgIpc) is 3.14. The summed E-state index contributed by atoms with van der Waals surface area (Å²) < 4.78 is 2.46. The van der Waals surface area contributed by atoms with Crippen molar-refractivity contribution >= 4 is 34.7 Å². The van der Waals surface area contributed by atoms with Crippen LogP contribution in [-0.4, -0.2) is 37.0 Å². The first-order chi connectivity index (χ1) is 10.4. The van der Waals surface area contributed by atoms with E-state index in [-0.39, 0.29) is 0 Å². The van der Waals surface area contributed by atoms with Gasteiger partial charge >= 0.3 is 0 Å². The van der Waals surface area contributed by atoms with Gasteiger partial charge < -0.3 is 4.57 Å². The molecule has 2 saturated heterocycles. The SMILES string of the molecule is c1cnc2c(c1)nc(CC1CCCCS1)n2C1CCSC1. The van der Waals surface area contributed by atoms with E-state index in [2.05, 4.69) is 39.1 Å². The molecule has 2 aromatic heterocycles. The van der Waals surface area contributed by atoms with Crippen LogP contribution in [0.3, 0.4) is 0 Å². The smallest absolute Gasteiger partial charge is 0.160 e. The van der Waals surface area contributed by atoms with E-state index < -0.39 is 0 Å². The number of pyridine rings is 1. The number of nitrogens with zero attached hydrogens (tertiary/aromatic N) is 3. The molecule has 5 heteroatoms. The van der Waals surface area contributed by atoms with Crippen LogP contribution >= 0.6 is 23.5 Å². The van der Waals surface area contributed by atoms with Gasteiger partial charge in [0.05, 0.1) is 0 Å². The van der Waals surface area contributed by atoms with E-state index in [0.717, 1.165) is 22.8 Å². The molecule has 4 rings (SSSR count). The van der Waals surface area contributed by atoms with Crippen molar-refractivity contribution < 1.29 is 0 Å². The lowest BCUT2D eigenvalue weighted by Crippen LogP contribution is -2.18. The van der Waals surface area contributed by atoms with Crippen molar-refractivity contribution in [1.82, 2.24) is 14.5 Å². The highest BCUT2D eigenvalue weighted by Gasteiger charge is 2.25. The van der Waals surface area contributed by atoms with Crippen LogP contribution in [0.4, 0.5) is 0 Å². The second-order valence-electron chi connectivity index (χ2n) is 5.95. The minimum atomic E-state index is 0.596. The Morgan fingerprint density at radius 3 is 3.05 bits per heavy atom. The fourth-order valence-corrected chi connectivity index (χ4v) is 5.90. The van der Waals surface area contributed by atoms with Gasteiger partial charge in [0.15, 0.2) is 5.65 Å². The molecular formula is C16H21N3S2. The average molecular weight is 319 g/mol. The molecule has 0 spiro atoms. The summed E-state index contributed by atoms with van der Waals surface area (Å²) in [4.78, 5) is 9.55. The normalized spacial score (nSPS) is 26.5. The minimum Gasteiger partial charge on any atom is -0.309 e. The maximum atomic E-state index is 4.93. The van der Waals surface area contributed by atoms with Crippen LogP contribution in [0.15, 0.2) is 18.3 Å². The summed E-state index contributed by atoms with van der Waals surface area (Å²) >= 11 is 4.20. The number of hydrogen-bond acceptors (Lipinski definition) is 4. The highest BCUT2D eigenvalue weighted by Crippen LogP contribution is 2.34. The molecule has 0 saturated carbocycles. The van der Waals surface area contributed by atoms with Crippen LogP contribution in [-0.2, 0) is 6.42 Å². The molecule has 0 amide bonds. The Morgan fingerprint density at radius 1 is 1.24 bits per heavy atom. The van der Waals surface area contributed by atoms with Crippen molar-refractivity contribution in [2.45, 2.75) is 43.4 Å². The van der Waals surface area contributed by atoms with Gasteiger partial charge in [-0.2, -0.15) is 23.5 Å². The van der Waals surface area contributed by atoms with Crippen LogP contribution in [0.1, 0.15) is 37.5 Å². The molecule has 2 atom stereocenters. The third kappa shape index (κ3) is 2.82. The second kappa shape index (κ2) is 6.21. The van der Waals surface area contributed by atoms with Gasteiger partial charge in [0.1, 0.15) is 11.3 Å². The van der Waals surface area contributed by atoms with Gasteiger partial charge in [-0.25, -0.2) is 9.97 Å². The van der Waals surface area contributed by atoms with Crippen molar-refractivity contribution in [2.24, 2.45) is 0 Å². The minimum absolute atomic E-state index is 0.596. The van der Waals surface area contributed by atoms with Gasteiger partial charge in [-0.1, -0.05) is 6.42 Å². The van der Waals surface area contributed by atoms with Crippen molar-refractivity contribution in [3.8, 4) is 0 Å². The quantitative estimate of drug-likeness (QED) is 0.857. The monoisotopic (exact) mass is 319 g/mol. The molecule has 0 radical (unpaired) electrons. The fourth-order valence-electron chi connectivity index (χ4n) is 3.40. The zero-order valence-electron chi connectivity index (χ0n) is 12.2. The summed E-state index contributed by atoms with van der Waals surface area (Å²) in [5, 5.41) is 0.753. The van der Waals surface area contributed by atoms with Gasteiger partial charge in [0.2, 0.25) is 0 Å². The Bertz CT molecular complexity index is 613. The number of thioether (sulfide) groups is 2. The van der Waals surface area contributed by atoms with Gasteiger partial charge in [0.25, 0.3) is 0 Å². The van der Waals surface area contributed by atoms with E-state index in [1.54, 1.807) is 0 Å². The van der Waals surface area contributed by atoms with Gasteiger partial charge in [-0.15, -0.1) is 0 Å². The first-order valence-electron chi connectivity index (χ1n) is 7.93. The van der Waals surface area contributed by atoms with Crippen LogP contribution in [0, 0.1) is 0 Å². The predicted octanol–water partition coefficient (Wildman–Crippen LogP) is 3.94. The summed E-state index contributed by atoms with van der Waals surface area (Å²) in [6, 6.07) is 4.71. The second-order valence-corrected chi connectivity index (χ2v) is 8.51. The maximum absolute atomic E-state index is 4.93. The molecule has 3 nitrogen and oxygen atoms in total. The van der Waals surface area contributed by atoms with E-state index in [0.29, 0.717) is 6.04 Å². The van der Waals surface area contributed by atoms with E-state index in [1.807, 2.05) is 12.3 Å². The number of aromatic nitrogens is 3. The number of fused-ring (bicyclic) bond motifs is 1. The Labute approximate surface area is 134 Å². The lowest BCUT2D eigenvalue weighted by molar-refractivity contribution is 0.534. The highest BCUT2D eigenvalue weighted by molar-refractivity contribution is 8.00. The van der Waals surface area contributed by atoms with Gasteiger partial charge in [-0.3, -0.25) is 0 Å². The molecule has 0 aliphatic carbocycles. The van der Waals surface area contributed by atoms with E-state index in [1.165, 1.54) is 48.8 Å². The first-order valence-corrected chi connectivity index (χ1v) is 10.1. The van der Waals surface area contributed by atoms with E-state index in [4.69, 9.17) is 4.98 Å². The molecule has 112 valence electrons. The van der Waals surface area contributed by atoms with Crippen LogP contribution in [0.5, 0.6) is 0 Å². The van der Waals surface area contributed by atoms with Gasteiger partial charge in [-0.05, 0) is 42.9 Å². The zero-order valence-corrected chi connectivity index (χ0v) is 13.8. The molecular weight excluding hydrogens is 298 g/mol. The van der Waals surface area contributed by atoms with Crippen molar-refractivity contribution in [3.05, 3.63) is 24.2 Å². The summed E-state index contributed by atoms with van der Waals surface area (Å²) in [6.45, 7) is 0. The molecule has 2 aliphatic rings. The Kier molecular flexibility index (Phi) is 4.12. The maximum Gasteiger partial charge on any atom is 0.160 e. The Hall–Kier alpha value is -0.680. The third-order valence-corrected chi connectivity index (χ3v) is 7.02. The first kappa shape index (κ1) is 13.9. The molecule has 4 heterocycles. The van der Waals surface area contributed by atoms with Crippen LogP contribution in [0.2, 0.25) is 0 Å². The summed E-state index contributed by atoms with van der Waals surface area (Å²) in [5.41, 5.74) is 2.17. The number of imidazole rings is 1. The standard InChI is InChI=1S/C16H21N3S2/c1-2-8-21-13(4-1)10-15-18-14-5-3-7-17-16(14)19(15)12-6-9-20-11-12/h3,5,7,12-13H,1-2,4,6,8-11H2. The fraction of sp³-hybridized carbons (Fsp3) is 0.625. The molecule has 2 unspecified atom stereocenters. The number of hydrogen-bond donors (Lipinski definition) is 0. The topological polar surface area (TPSA) is 30.7 Å². The molecule has 0 N–H and O–H groups in total. The zero-order chi connectivity index (χ0) is 14.1.